The van der Waals surface area contributed by atoms with Gasteiger partial charge in [0.2, 0.25) is 0 Å². The fraction of sp³-hybridized carbons (Fsp3) is 0.600. The summed E-state index contributed by atoms with van der Waals surface area (Å²) in [4.78, 5) is 0. The van der Waals surface area contributed by atoms with Gasteiger partial charge in [-0.25, -0.2) is 0 Å². The highest BCUT2D eigenvalue weighted by Gasteiger charge is 2.37. The van der Waals surface area contributed by atoms with Crippen LogP contribution < -0.4 is 0 Å². The second-order valence-electron chi connectivity index (χ2n) is 1.47. The Bertz CT molecular complexity index is 121. The summed E-state index contributed by atoms with van der Waals surface area (Å²) in [6, 6.07) is 0. The standard InChI is InChI=1S/C5H5F3O/c1-2-3-4(9)5(6,7)8/h1,4,9H,3H2/t4-/m0/s1. The van der Waals surface area contributed by atoms with Crippen molar-refractivity contribution in [3.05, 3.63) is 0 Å². The van der Waals surface area contributed by atoms with E-state index in [-0.39, 0.29) is 0 Å². The number of aliphatic hydroxyl groups excluding tert-OH is 1. The summed E-state index contributed by atoms with van der Waals surface area (Å²) in [5.74, 6) is 1.70. The Balaban J connectivity index is 3.76. The summed E-state index contributed by atoms with van der Waals surface area (Å²) in [5.41, 5.74) is 0. The van der Waals surface area contributed by atoms with Crippen molar-refractivity contribution in [2.45, 2.75) is 18.7 Å². The van der Waals surface area contributed by atoms with Gasteiger partial charge < -0.3 is 5.11 Å². The summed E-state index contributed by atoms with van der Waals surface area (Å²) in [6.45, 7) is 0. The molecular formula is C5H5F3O. The number of terminal acetylenes is 1. The minimum absolute atomic E-state index is 0.677. The van der Waals surface area contributed by atoms with E-state index in [1.54, 1.807) is 5.92 Å². The summed E-state index contributed by atoms with van der Waals surface area (Å²) in [7, 11) is 0. The van der Waals surface area contributed by atoms with E-state index < -0.39 is 18.7 Å². The molecule has 9 heavy (non-hydrogen) atoms. The largest absolute Gasteiger partial charge is 0.415 e. The lowest BCUT2D eigenvalue weighted by Crippen LogP contribution is -2.27. The molecule has 0 bridgehead atoms. The molecule has 0 aliphatic carbocycles. The van der Waals surface area contributed by atoms with Gasteiger partial charge in [0.05, 0.1) is 0 Å². The highest BCUT2D eigenvalue weighted by molar-refractivity contribution is 4.88. The molecule has 0 spiro atoms. The molecule has 1 atom stereocenters. The number of alkyl halides is 3. The Morgan fingerprint density at radius 3 is 2.11 bits per heavy atom. The van der Waals surface area contributed by atoms with Crippen molar-refractivity contribution in [1.82, 2.24) is 0 Å². The van der Waals surface area contributed by atoms with Gasteiger partial charge in [0.25, 0.3) is 0 Å². The summed E-state index contributed by atoms with van der Waals surface area (Å²) >= 11 is 0. The molecule has 0 aromatic heterocycles. The van der Waals surface area contributed by atoms with Crippen molar-refractivity contribution in [1.29, 1.82) is 0 Å². The Labute approximate surface area is 50.5 Å². The van der Waals surface area contributed by atoms with Crippen LogP contribution in [0.5, 0.6) is 0 Å². The third kappa shape index (κ3) is 2.98. The highest BCUT2D eigenvalue weighted by Crippen LogP contribution is 2.21. The maximum atomic E-state index is 11.3. The van der Waals surface area contributed by atoms with Gasteiger partial charge >= 0.3 is 6.18 Å². The topological polar surface area (TPSA) is 20.2 Å². The summed E-state index contributed by atoms with van der Waals surface area (Å²) < 4.78 is 33.9. The SMILES string of the molecule is C#CC[C@H](O)C(F)(F)F. The maximum absolute atomic E-state index is 11.3. The van der Waals surface area contributed by atoms with E-state index in [0.717, 1.165) is 0 Å². The minimum atomic E-state index is -4.58. The monoisotopic (exact) mass is 138 g/mol. The maximum Gasteiger partial charge on any atom is 0.415 e. The molecular weight excluding hydrogens is 133 g/mol. The van der Waals surface area contributed by atoms with E-state index in [9.17, 15) is 13.2 Å². The highest BCUT2D eigenvalue weighted by atomic mass is 19.4. The number of rotatable bonds is 1. The van der Waals surface area contributed by atoms with E-state index in [2.05, 4.69) is 6.42 Å². The number of hydrogen-bond donors (Lipinski definition) is 1. The van der Waals surface area contributed by atoms with Gasteiger partial charge in [0.15, 0.2) is 6.10 Å². The fourth-order valence-electron chi connectivity index (χ4n) is 0.227. The Kier molecular flexibility index (Phi) is 2.53. The quantitative estimate of drug-likeness (QED) is 0.534. The van der Waals surface area contributed by atoms with Crippen LogP contribution >= 0.6 is 0 Å². The molecule has 1 nitrogen and oxygen atoms in total. The number of halogens is 3. The summed E-state index contributed by atoms with van der Waals surface area (Å²) in [5, 5.41) is 8.12. The van der Waals surface area contributed by atoms with Gasteiger partial charge in [-0.15, -0.1) is 12.3 Å². The lowest BCUT2D eigenvalue weighted by molar-refractivity contribution is -0.201. The molecule has 0 aromatic carbocycles. The first-order valence-corrected chi connectivity index (χ1v) is 2.16. The molecule has 0 aliphatic heterocycles. The second-order valence-corrected chi connectivity index (χ2v) is 1.47. The molecule has 0 aromatic rings. The van der Waals surface area contributed by atoms with Crippen LogP contribution in [0.25, 0.3) is 0 Å². The first-order valence-electron chi connectivity index (χ1n) is 2.16. The zero-order chi connectivity index (χ0) is 7.49. The van der Waals surface area contributed by atoms with Crippen LogP contribution in [0, 0.1) is 12.3 Å². The molecule has 52 valence electrons. The van der Waals surface area contributed by atoms with E-state index in [1.807, 2.05) is 0 Å². The van der Waals surface area contributed by atoms with Gasteiger partial charge in [-0.3, -0.25) is 0 Å². The third-order valence-corrected chi connectivity index (χ3v) is 0.689. The van der Waals surface area contributed by atoms with Gasteiger partial charge in [-0.05, 0) is 0 Å². The van der Waals surface area contributed by atoms with Crippen LogP contribution in [0.2, 0.25) is 0 Å². The zero-order valence-corrected chi connectivity index (χ0v) is 4.44. The van der Waals surface area contributed by atoms with Crippen LogP contribution in [0.4, 0.5) is 13.2 Å². The second kappa shape index (κ2) is 2.74. The molecule has 1 N–H and O–H groups in total. The first kappa shape index (κ1) is 8.31. The lowest BCUT2D eigenvalue weighted by Gasteiger charge is -2.10. The van der Waals surface area contributed by atoms with Crippen LogP contribution in [0.1, 0.15) is 6.42 Å². The van der Waals surface area contributed by atoms with Crippen LogP contribution in [0.15, 0.2) is 0 Å². The average molecular weight is 138 g/mol. The smallest absolute Gasteiger partial charge is 0.383 e. The van der Waals surface area contributed by atoms with Gasteiger partial charge in [0, 0.05) is 6.42 Å². The van der Waals surface area contributed by atoms with E-state index in [0.29, 0.717) is 0 Å². The van der Waals surface area contributed by atoms with E-state index in [1.165, 1.54) is 0 Å². The molecule has 0 saturated heterocycles. The predicted molar refractivity (Wildman–Crippen MR) is 25.5 cm³/mol. The first-order chi connectivity index (χ1) is 3.98. The minimum Gasteiger partial charge on any atom is -0.383 e. The zero-order valence-electron chi connectivity index (χ0n) is 4.44. The lowest BCUT2D eigenvalue weighted by atomic mass is 10.2. The average Bonchev–Trinajstić information content (AvgIpc) is 1.64. The molecule has 0 unspecified atom stereocenters. The van der Waals surface area contributed by atoms with Crippen molar-refractivity contribution >= 4 is 0 Å². The third-order valence-electron chi connectivity index (χ3n) is 0.689. The van der Waals surface area contributed by atoms with Gasteiger partial charge in [-0.2, -0.15) is 13.2 Å². The van der Waals surface area contributed by atoms with Crippen LogP contribution in [-0.2, 0) is 0 Å². The normalized spacial score (nSPS) is 14.6. The molecule has 0 radical (unpaired) electrons. The number of aliphatic hydroxyl groups is 1. The van der Waals surface area contributed by atoms with Gasteiger partial charge in [-0.1, -0.05) is 0 Å². The number of hydrogen-bond acceptors (Lipinski definition) is 1. The molecule has 4 heteroatoms. The molecule has 0 amide bonds. The van der Waals surface area contributed by atoms with Crippen molar-refractivity contribution in [2.75, 3.05) is 0 Å². The Hall–Kier alpha value is -0.690. The predicted octanol–water partition coefficient (Wildman–Crippen LogP) is 0.933. The van der Waals surface area contributed by atoms with Crippen LogP contribution in [-0.4, -0.2) is 17.4 Å². The molecule has 0 heterocycles. The Morgan fingerprint density at radius 2 is 2.00 bits per heavy atom. The molecule has 0 saturated carbocycles. The van der Waals surface area contributed by atoms with Crippen LogP contribution in [0.3, 0.4) is 0 Å². The Morgan fingerprint density at radius 1 is 1.56 bits per heavy atom. The molecule has 0 rings (SSSR count). The van der Waals surface area contributed by atoms with Crippen molar-refractivity contribution in [2.24, 2.45) is 0 Å². The van der Waals surface area contributed by atoms with Crippen molar-refractivity contribution < 1.29 is 18.3 Å². The molecule has 0 fully saturated rings. The van der Waals surface area contributed by atoms with Crippen molar-refractivity contribution in [3.63, 3.8) is 0 Å². The van der Waals surface area contributed by atoms with E-state index >= 15 is 0 Å². The fourth-order valence-corrected chi connectivity index (χ4v) is 0.227. The van der Waals surface area contributed by atoms with Crippen molar-refractivity contribution in [3.8, 4) is 12.3 Å². The van der Waals surface area contributed by atoms with E-state index in [4.69, 9.17) is 5.11 Å². The summed E-state index contributed by atoms with van der Waals surface area (Å²) in [6.07, 6.45) is -3.11. The van der Waals surface area contributed by atoms with Gasteiger partial charge in [0.1, 0.15) is 0 Å². The molecule has 0 aliphatic rings.